The number of likely N-dealkylation sites (tertiary alicyclic amines) is 2. The lowest BCUT2D eigenvalue weighted by Gasteiger charge is -2.40. The summed E-state index contributed by atoms with van der Waals surface area (Å²) in [4.78, 5) is 22.2. The van der Waals surface area contributed by atoms with Gasteiger partial charge in [-0.15, -0.1) is 0 Å². The average Bonchev–Trinajstić information content (AvgIpc) is 3.01. The van der Waals surface area contributed by atoms with Crippen LogP contribution in [0, 0.1) is 12.3 Å². The summed E-state index contributed by atoms with van der Waals surface area (Å²) in [5.74, 6) is 0.161. The maximum atomic E-state index is 13.2. The number of nitrogens with zero attached hydrogens (tertiary/aromatic N) is 3. The van der Waals surface area contributed by atoms with E-state index in [4.69, 9.17) is 0 Å². The van der Waals surface area contributed by atoms with Crippen LogP contribution in [-0.4, -0.2) is 53.9 Å². The second-order valence-electron chi connectivity index (χ2n) is 8.07. The molecule has 4 heteroatoms. The lowest BCUT2D eigenvalue weighted by atomic mass is 9.79. The Morgan fingerprint density at radius 1 is 1.12 bits per heavy atom. The fourth-order valence-corrected chi connectivity index (χ4v) is 4.64. The van der Waals surface area contributed by atoms with E-state index in [0.717, 1.165) is 55.0 Å². The van der Waals surface area contributed by atoms with Crippen molar-refractivity contribution in [3.05, 3.63) is 53.7 Å². The van der Waals surface area contributed by atoms with Gasteiger partial charge in [-0.05, 0) is 63.5 Å². The molecule has 0 bridgehead atoms. The molecule has 2 aromatic rings. The molecule has 1 atom stereocenters. The van der Waals surface area contributed by atoms with Crippen LogP contribution in [-0.2, 0) is 0 Å². The minimum Gasteiger partial charge on any atom is -0.338 e. The topological polar surface area (TPSA) is 36.4 Å². The van der Waals surface area contributed by atoms with Crippen molar-refractivity contribution in [3.8, 4) is 11.3 Å². The molecule has 0 radical (unpaired) electrons. The molecular formula is C22H27N3O. The molecule has 26 heavy (non-hydrogen) atoms. The number of carbonyl (C=O) groups is 1. The third kappa shape index (κ3) is 3.26. The van der Waals surface area contributed by atoms with Gasteiger partial charge in [-0.2, -0.15) is 0 Å². The first-order valence-electron chi connectivity index (χ1n) is 9.56. The second-order valence-corrected chi connectivity index (χ2v) is 8.07. The van der Waals surface area contributed by atoms with Crippen LogP contribution in [0.5, 0.6) is 0 Å². The number of hydrogen-bond donors (Lipinski definition) is 0. The first kappa shape index (κ1) is 17.2. The van der Waals surface area contributed by atoms with Crippen LogP contribution in [0.3, 0.4) is 0 Å². The number of rotatable bonds is 2. The predicted octanol–water partition coefficient (Wildman–Crippen LogP) is 3.61. The largest absolute Gasteiger partial charge is 0.338 e. The van der Waals surface area contributed by atoms with Gasteiger partial charge in [0.1, 0.15) is 0 Å². The Morgan fingerprint density at radius 3 is 2.77 bits per heavy atom. The highest BCUT2D eigenvalue weighted by molar-refractivity contribution is 5.95. The molecular weight excluding hydrogens is 322 g/mol. The third-order valence-corrected chi connectivity index (χ3v) is 5.97. The first-order valence-corrected chi connectivity index (χ1v) is 9.56. The molecule has 4 nitrogen and oxygen atoms in total. The number of amides is 1. The van der Waals surface area contributed by atoms with Crippen LogP contribution in [0.1, 0.15) is 35.2 Å². The molecule has 1 aromatic carbocycles. The Morgan fingerprint density at radius 2 is 2.00 bits per heavy atom. The van der Waals surface area contributed by atoms with Gasteiger partial charge in [0.2, 0.25) is 0 Å². The van der Waals surface area contributed by atoms with Gasteiger partial charge in [0.15, 0.2) is 0 Å². The number of piperidine rings is 1. The van der Waals surface area contributed by atoms with Crippen molar-refractivity contribution >= 4 is 5.91 Å². The molecule has 1 amide bonds. The molecule has 1 aromatic heterocycles. The lowest BCUT2D eigenvalue weighted by Crippen LogP contribution is -2.47. The Labute approximate surface area is 155 Å². The number of hydrogen-bond acceptors (Lipinski definition) is 3. The molecule has 136 valence electrons. The summed E-state index contributed by atoms with van der Waals surface area (Å²) >= 11 is 0. The zero-order valence-electron chi connectivity index (χ0n) is 15.7. The summed E-state index contributed by atoms with van der Waals surface area (Å²) in [6.07, 6.45) is 5.37. The normalized spacial score (nSPS) is 23.5. The van der Waals surface area contributed by atoms with Crippen LogP contribution >= 0.6 is 0 Å². The Bertz CT molecular complexity index is 815. The summed E-state index contributed by atoms with van der Waals surface area (Å²) in [7, 11) is 2.19. The average molecular weight is 349 g/mol. The zero-order chi connectivity index (χ0) is 18.1. The molecule has 1 spiro atoms. The Hall–Kier alpha value is -2.20. The summed E-state index contributed by atoms with van der Waals surface area (Å²) in [6, 6.07) is 11.9. The second kappa shape index (κ2) is 6.84. The summed E-state index contributed by atoms with van der Waals surface area (Å²) < 4.78 is 0. The van der Waals surface area contributed by atoms with E-state index >= 15 is 0 Å². The van der Waals surface area contributed by atoms with E-state index in [1.807, 2.05) is 36.5 Å². The number of benzene rings is 1. The highest BCUT2D eigenvalue weighted by Gasteiger charge is 2.41. The molecule has 2 aliphatic rings. The van der Waals surface area contributed by atoms with Gasteiger partial charge in [-0.1, -0.05) is 18.2 Å². The summed E-state index contributed by atoms with van der Waals surface area (Å²) in [5, 5.41) is 0. The maximum absolute atomic E-state index is 13.2. The molecule has 0 aliphatic carbocycles. The number of aryl methyl sites for hydroxylation is 1. The monoisotopic (exact) mass is 349 g/mol. The fraction of sp³-hybridized carbons (Fsp3) is 0.455. The number of aromatic nitrogens is 1. The zero-order valence-corrected chi connectivity index (χ0v) is 15.7. The van der Waals surface area contributed by atoms with Gasteiger partial charge in [0, 0.05) is 42.4 Å². The molecule has 2 fully saturated rings. The summed E-state index contributed by atoms with van der Waals surface area (Å²) in [6.45, 7) is 6.09. The number of carbonyl (C=O) groups excluding carboxylic acids is 1. The van der Waals surface area contributed by atoms with E-state index in [1.54, 1.807) is 0 Å². The first-order chi connectivity index (χ1) is 12.6. The minimum atomic E-state index is 0.161. The smallest absolute Gasteiger partial charge is 0.253 e. The van der Waals surface area contributed by atoms with Crippen molar-refractivity contribution in [2.45, 2.75) is 26.2 Å². The van der Waals surface area contributed by atoms with Gasteiger partial charge in [0.05, 0.1) is 5.69 Å². The Balaban J connectivity index is 1.57. The van der Waals surface area contributed by atoms with Gasteiger partial charge in [0.25, 0.3) is 5.91 Å². The van der Waals surface area contributed by atoms with Crippen LogP contribution in [0.25, 0.3) is 11.3 Å². The minimum absolute atomic E-state index is 0.161. The van der Waals surface area contributed by atoms with Crippen molar-refractivity contribution in [3.63, 3.8) is 0 Å². The van der Waals surface area contributed by atoms with Crippen molar-refractivity contribution in [2.75, 3.05) is 33.2 Å². The fourth-order valence-electron chi connectivity index (χ4n) is 4.64. The van der Waals surface area contributed by atoms with Crippen molar-refractivity contribution in [2.24, 2.45) is 5.41 Å². The van der Waals surface area contributed by atoms with E-state index in [-0.39, 0.29) is 5.91 Å². The van der Waals surface area contributed by atoms with Crippen molar-refractivity contribution < 1.29 is 4.79 Å². The molecule has 0 unspecified atom stereocenters. The predicted molar refractivity (Wildman–Crippen MR) is 104 cm³/mol. The summed E-state index contributed by atoms with van der Waals surface area (Å²) in [5.41, 5.74) is 4.17. The van der Waals surface area contributed by atoms with E-state index < -0.39 is 0 Å². The number of pyridine rings is 1. The maximum Gasteiger partial charge on any atom is 0.253 e. The van der Waals surface area contributed by atoms with Crippen molar-refractivity contribution in [1.29, 1.82) is 0 Å². The van der Waals surface area contributed by atoms with Crippen molar-refractivity contribution in [1.82, 2.24) is 14.8 Å². The van der Waals surface area contributed by atoms with Gasteiger partial charge >= 0.3 is 0 Å². The molecule has 4 rings (SSSR count). The molecule has 0 N–H and O–H groups in total. The molecule has 2 saturated heterocycles. The molecule has 0 saturated carbocycles. The van der Waals surface area contributed by atoms with Crippen LogP contribution in [0.15, 0.2) is 42.6 Å². The van der Waals surface area contributed by atoms with Crippen LogP contribution in [0.4, 0.5) is 0 Å². The van der Waals surface area contributed by atoms with Gasteiger partial charge in [-0.3, -0.25) is 9.78 Å². The van der Waals surface area contributed by atoms with Crippen LogP contribution in [0.2, 0.25) is 0 Å². The van der Waals surface area contributed by atoms with E-state index in [9.17, 15) is 4.79 Å². The standard InChI is InChI=1S/C22H27N3O/c1-17-6-4-11-23-20(17)18-7-3-8-19(14-18)21(26)25-12-5-9-22(16-25)10-13-24(2)15-22/h3-4,6-8,11,14H,5,9-10,12-13,15-16H2,1-2H3/t22-/m1/s1. The third-order valence-electron chi connectivity index (χ3n) is 5.97. The van der Waals surface area contributed by atoms with Crippen LogP contribution < -0.4 is 0 Å². The quantitative estimate of drug-likeness (QED) is 0.831. The van der Waals surface area contributed by atoms with E-state index in [1.165, 1.54) is 12.8 Å². The Kier molecular flexibility index (Phi) is 4.53. The van der Waals surface area contributed by atoms with E-state index in [0.29, 0.717) is 5.41 Å². The highest BCUT2D eigenvalue weighted by atomic mass is 16.2. The molecule has 3 heterocycles. The SMILES string of the molecule is Cc1cccnc1-c1cccc(C(=O)N2CCC[C@]3(CCN(C)C3)C2)c1. The highest BCUT2D eigenvalue weighted by Crippen LogP contribution is 2.38. The van der Waals surface area contributed by atoms with E-state index in [2.05, 4.69) is 34.8 Å². The van der Waals surface area contributed by atoms with Gasteiger partial charge in [-0.25, -0.2) is 0 Å². The molecule has 2 aliphatic heterocycles. The van der Waals surface area contributed by atoms with Gasteiger partial charge < -0.3 is 9.80 Å². The lowest BCUT2D eigenvalue weighted by molar-refractivity contribution is 0.0534.